The highest BCUT2D eigenvalue weighted by Gasteiger charge is 2.14. The Morgan fingerprint density at radius 1 is 1.00 bits per heavy atom. The first-order valence-corrected chi connectivity index (χ1v) is 3.92. The number of aromatic carboxylic acids is 2. The molecule has 0 spiro atoms. The second-order valence-corrected chi connectivity index (χ2v) is 2.82. The van der Waals surface area contributed by atoms with E-state index in [9.17, 15) is 9.59 Å². The number of aliphatic hydroxyl groups excluding tert-OH is 1. The lowest BCUT2D eigenvalue weighted by Crippen LogP contribution is -2.05. The largest absolute Gasteiger partial charge is 0.508 e. The second-order valence-electron chi connectivity index (χ2n) is 2.82. The van der Waals surface area contributed by atoms with Crippen molar-refractivity contribution in [1.82, 2.24) is 0 Å². The highest BCUT2D eigenvalue weighted by Crippen LogP contribution is 2.18. The van der Waals surface area contributed by atoms with Gasteiger partial charge in [0, 0.05) is 5.56 Å². The van der Waals surface area contributed by atoms with Gasteiger partial charge in [-0.1, -0.05) is 6.58 Å². The van der Waals surface area contributed by atoms with Crippen molar-refractivity contribution in [2.75, 3.05) is 0 Å². The van der Waals surface area contributed by atoms with Crippen LogP contribution in [0, 0.1) is 0 Å². The number of carbonyl (C=O) groups is 2. The van der Waals surface area contributed by atoms with Crippen molar-refractivity contribution in [3.05, 3.63) is 41.5 Å². The van der Waals surface area contributed by atoms with Crippen LogP contribution in [0.25, 0.3) is 5.76 Å². The van der Waals surface area contributed by atoms with Crippen molar-refractivity contribution < 1.29 is 24.9 Å². The molecule has 1 aromatic carbocycles. The Morgan fingerprint density at radius 3 is 2.00 bits per heavy atom. The fourth-order valence-electron chi connectivity index (χ4n) is 1.10. The molecule has 0 amide bonds. The minimum atomic E-state index is -1.25. The van der Waals surface area contributed by atoms with Gasteiger partial charge in [-0.25, -0.2) is 9.59 Å². The molecule has 3 N–H and O–H groups in total. The Balaban J connectivity index is 3.40. The molecule has 78 valence electrons. The molecule has 0 unspecified atom stereocenters. The average molecular weight is 208 g/mol. The van der Waals surface area contributed by atoms with Crippen molar-refractivity contribution in [1.29, 1.82) is 0 Å². The third kappa shape index (κ3) is 2.14. The van der Waals surface area contributed by atoms with Crippen LogP contribution in [0.3, 0.4) is 0 Å². The summed E-state index contributed by atoms with van der Waals surface area (Å²) in [5.41, 5.74) is -0.389. The van der Waals surface area contributed by atoms with Crippen LogP contribution in [-0.2, 0) is 0 Å². The number of aliphatic hydroxyl groups is 1. The molecule has 0 aromatic heterocycles. The smallest absolute Gasteiger partial charge is 0.336 e. The molecule has 0 radical (unpaired) electrons. The van der Waals surface area contributed by atoms with E-state index < -0.39 is 17.7 Å². The van der Waals surface area contributed by atoms with Gasteiger partial charge in [-0.2, -0.15) is 0 Å². The minimum Gasteiger partial charge on any atom is -0.508 e. The fraction of sp³-hybridized carbons (Fsp3) is 0. The Bertz CT molecular complexity index is 447. The minimum absolute atomic E-state index is 0.0950. The van der Waals surface area contributed by atoms with Gasteiger partial charge in [0.05, 0.1) is 11.1 Å². The quantitative estimate of drug-likeness (QED) is 0.656. The van der Waals surface area contributed by atoms with Crippen molar-refractivity contribution in [3.8, 4) is 0 Å². The first-order chi connectivity index (χ1) is 6.93. The number of carboxylic acid groups (broad SMARTS) is 2. The molecule has 5 heteroatoms. The molecule has 1 rings (SSSR count). The van der Waals surface area contributed by atoms with E-state index in [-0.39, 0.29) is 16.7 Å². The number of hydrogen-bond acceptors (Lipinski definition) is 3. The van der Waals surface area contributed by atoms with E-state index >= 15 is 0 Å². The number of carboxylic acids is 2. The number of benzene rings is 1. The van der Waals surface area contributed by atoms with E-state index in [0.717, 1.165) is 18.2 Å². The number of hydrogen-bond donors (Lipinski definition) is 3. The molecule has 0 bridgehead atoms. The average Bonchev–Trinajstić information content (AvgIpc) is 2.16. The molecule has 15 heavy (non-hydrogen) atoms. The third-order valence-corrected chi connectivity index (χ3v) is 1.81. The van der Waals surface area contributed by atoms with Gasteiger partial charge < -0.3 is 15.3 Å². The maximum Gasteiger partial charge on any atom is 0.336 e. The van der Waals surface area contributed by atoms with Gasteiger partial charge in [0.25, 0.3) is 0 Å². The van der Waals surface area contributed by atoms with E-state index in [1.54, 1.807) is 0 Å². The van der Waals surface area contributed by atoms with E-state index in [2.05, 4.69) is 6.58 Å². The van der Waals surface area contributed by atoms with Gasteiger partial charge in [-0.15, -0.1) is 0 Å². The van der Waals surface area contributed by atoms with Gasteiger partial charge in [0.1, 0.15) is 5.76 Å². The number of rotatable bonds is 3. The van der Waals surface area contributed by atoms with E-state index in [4.69, 9.17) is 15.3 Å². The lowest BCUT2D eigenvalue weighted by molar-refractivity contribution is 0.0680. The Kier molecular flexibility index (Phi) is 2.75. The van der Waals surface area contributed by atoms with Crippen molar-refractivity contribution in [2.24, 2.45) is 0 Å². The maximum atomic E-state index is 10.7. The van der Waals surface area contributed by atoms with Gasteiger partial charge in [-0.3, -0.25) is 0 Å². The summed E-state index contributed by atoms with van der Waals surface area (Å²) in [6, 6.07) is 3.33. The van der Waals surface area contributed by atoms with Gasteiger partial charge in [-0.05, 0) is 18.2 Å². The molecule has 0 aliphatic heterocycles. The van der Waals surface area contributed by atoms with Gasteiger partial charge in [0.15, 0.2) is 0 Å². The SMILES string of the molecule is C=C(O)c1cc(C(=O)O)ccc1C(=O)O. The van der Waals surface area contributed by atoms with Crippen LogP contribution in [0.1, 0.15) is 26.3 Å². The van der Waals surface area contributed by atoms with Crippen molar-refractivity contribution in [3.63, 3.8) is 0 Å². The van der Waals surface area contributed by atoms with Crippen LogP contribution in [0.5, 0.6) is 0 Å². The summed E-state index contributed by atoms with van der Waals surface area (Å²) >= 11 is 0. The monoisotopic (exact) mass is 208 g/mol. The standard InChI is InChI=1S/C10H8O5/c1-5(11)8-4-6(9(12)13)2-3-7(8)10(14)15/h2-4,11H,1H2,(H,12,13)(H,14,15). The normalized spacial score (nSPS) is 9.60. The Labute approximate surface area is 84.9 Å². The maximum absolute atomic E-state index is 10.7. The van der Waals surface area contributed by atoms with Crippen LogP contribution in [0.15, 0.2) is 24.8 Å². The van der Waals surface area contributed by atoms with E-state index in [1.165, 1.54) is 0 Å². The van der Waals surface area contributed by atoms with E-state index in [1.807, 2.05) is 0 Å². The summed E-state index contributed by atoms with van der Waals surface area (Å²) in [7, 11) is 0. The van der Waals surface area contributed by atoms with Crippen LogP contribution >= 0.6 is 0 Å². The van der Waals surface area contributed by atoms with Crippen LogP contribution in [-0.4, -0.2) is 27.3 Å². The molecule has 5 nitrogen and oxygen atoms in total. The summed E-state index contributed by atoms with van der Waals surface area (Å²) < 4.78 is 0. The summed E-state index contributed by atoms with van der Waals surface area (Å²) in [6.45, 7) is 3.17. The molecule has 0 atom stereocenters. The molecular weight excluding hydrogens is 200 g/mol. The molecule has 0 fully saturated rings. The van der Waals surface area contributed by atoms with Crippen LogP contribution in [0.2, 0.25) is 0 Å². The molecule has 0 saturated heterocycles. The molecular formula is C10H8O5. The highest BCUT2D eigenvalue weighted by atomic mass is 16.4. The predicted octanol–water partition coefficient (Wildman–Crippen LogP) is 1.61. The van der Waals surface area contributed by atoms with Crippen LogP contribution < -0.4 is 0 Å². The molecule has 0 heterocycles. The summed E-state index contributed by atoms with van der Waals surface area (Å²) in [4.78, 5) is 21.3. The zero-order chi connectivity index (χ0) is 11.6. The first kappa shape index (κ1) is 10.8. The van der Waals surface area contributed by atoms with Crippen LogP contribution in [0.4, 0.5) is 0 Å². The molecule has 1 aromatic rings. The molecule has 0 saturated carbocycles. The summed E-state index contributed by atoms with van der Waals surface area (Å²) in [6.07, 6.45) is 0. The zero-order valence-corrected chi connectivity index (χ0v) is 7.60. The predicted molar refractivity (Wildman–Crippen MR) is 52.0 cm³/mol. The zero-order valence-electron chi connectivity index (χ0n) is 7.60. The lowest BCUT2D eigenvalue weighted by Gasteiger charge is -2.05. The fourth-order valence-corrected chi connectivity index (χ4v) is 1.10. The first-order valence-electron chi connectivity index (χ1n) is 3.92. The Morgan fingerprint density at radius 2 is 1.60 bits per heavy atom. The topological polar surface area (TPSA) is 94.8 Å². The third-order valence-electron chi connectivity index (χ3n) is 1.81. The van der Waals surface area contributed by atoms with Crippen molar-refractivity contribution in [2.45, 2.75) is 0 Å². The lowest BCUT2D eigenvalue weighted by atomic mass is 10.0. The summed E-state index contributed by atoms with van der Waals surface area (Å²) in [5, 5.41) is 26.5. The van der Waals surface area contributed by atoms with Gasteiger partial charge >= 0.3 is 11.9 Å². The summed E-state index contributed by atoms with van der Waals surface area (Å²) in [5.74, 6) is -2.93. The van der Waals surface area contributed by atoms with E-state index in [0.29, 0.717) is 0 Å². The van der Waals surface area contributed by atoms with Gasteiger partial charge in [0.2, 0.25) is 0 Å². The highest BCUT2D eigenvalue weighted by molar-refractivity contribution is 5.96. The molecule has 0 aliphatic carbocycles. The molecule has 0 aliphatic rings. The van der Waals surface area contributed by atoms with Crippen molar-refractivity contribution >= 4 is 17.7 Å². The second kappa shape index (κ2) is 3.83. The Hall–Kier alpha value is -2.30.